The molecule has 0 N–H and O–H groups in total. The van der Waals surface area contributed by atoms with Gasteiger partial charge in [-0.15, -0.1) is 0 Å². The molecule has 0 atom stereocenters. The van der Waals surface area contributed by atoms with Crippen molar-refractivity contribution in [2.75, 3.05) is 20.3 Å². The van der Waals surface area contributed by atoms with Crippen LogP contribution in [0.2, 0.25) is 0 Å². The summed E-state index contributed by atoms with van der Waals surface area (Å²) in [7, 11) is 1.60. The molecular formula is C18H20BrNO4S2. The van der Waals surface area contributed by atoms with Crippen molar-refractivity contribution in [3.8, 4) is 5.75 Å². The van der Waals surface area contributed by atoms with Crippen molar-refractivity contribution < 1.29 is 19.1 Å². The van der Waals surface area contributed by atoms with E-state index in [0.29, 0.717) is 28.8 Å². The van der Waals surface area contributed by atoms with E-state index in [4.69, 9.17) is 21.7 Å². The number of thioether (sulfide) groups is 1. The molecule has 0 unspecified atom stereocenters. The molecule has 0 aromatic heterocycles. The maximum absolute atomic E-state index is 12.6. The number of ether oxygens (including phenoxy) is 2. The highest BCUT2D eigenvalue weighted by Crippen LogP contribution is 2.34. The van der Waals surface area contributed by atoms with Gasteiger partial charge in [0.05, 0.1) is 23.1 Å². The maximum atomic E-state index is 12.6. The minimum atomic E-state index is -0.240. The zero-order valence-electron chi connectivity index (χ0n) is 14.6. The average Bonchev–Trinajstić information content (AvgIpc) is 2.87. The number of methoxy groups -OCH3 is 1. The van der Waals surface area contributed by atoms with Crippen LogP contribution in [0.15, 0.2) is 27.6 Å². The molecule has 1 aliphatic rings. The SMILES string of the molecule is CCCOC(=O)CCCN1C(=O)/C(=C\c2ccc(OC)c(Br)c2)SC1=S. The van der Waals surface area contributed by atoms with Gasteiger partial charge in [0.25, 0.3) is 5.91 Å². The molecule has 0 spiro atoms. The molecule has 5 nitrogen and oxygen atoms in total. The number of hydrogen-bond donors (Lipinski definition) is 0. The monoisotopic (exact) mass is 457 g/mol. The Bertz CT molecular complexity index is 736. The molecule has 0 radical (unpaired) electrons. The molecule has 1 heterocycles. The van der Waals surface area contributed by atoms with Gasteiger partial charge in [0.1, 0.15) is 10.1 Å². The third-order valence-corrected chi connectivity index (χ3v) is 5.57. The Morgan fingerprint density at radius 3 is 2.85 bits per heavy atom. The lowest BCUT2D eigenvalue weighted by atomic mass is 10.2. The fraction of sp³-hybridized carbons (Fsp3) is 0.389. The second-order valence-electron chi connectivity index (χ2n) is 5.55. The predicted octanol–water partition coefficient (Wildman–Crippen LogP) is 4.39. The second kappa shape index (κ2) is 10.1. The second-order valence-corrected chi connectivity index (χ2v) is 8.08. The van der Waals surface area contributed by atoms with Gasteiger partial charge >= 0.3 is 5.97 Å². The zero-order chi connectivity index (χ0) is 19.1. The van der Waals surface area contributed by atoms with Crippen molar-refractivity contribution in [2.45, 2.75) is 26.2 Å². The van der Waals surface area contributed by atoms with Crippen molar-refractivity contribution >= 4 is 62.2 Å². The first kappa shape index (κ1) is 20.9. The number of carbonyl (C=O) groups excluding carboxylic acids is 2. The van der Waals surface area contributed by atoms with Gasteiger partial charge in [-0.3, -0.25) is 14.5 Å². The minimum absolute atomic E-state index is 0.131. The van der Waals surface area contributed by atoms with Crippen LogP contribution >= 0.6 is 39.9 Å². The smallest absolute Gasteiger partial charge is 0.305 e. The highest BCUT2D eigenvalue weighted by atomic mass is 79.9. The first-order valence-corrected chi connectivity index (χ1v) is 10.2. The Morgan fingerprint density at radius 2 is 2.19 bits per heavy atom. The number of halogens is 1. The molecule has 8 heteroatoms. The maximum Gasteiger partial charge on any atom is 0.305 e. The first-order valence-electron chi connectivity index (χ1n) is 8.20. The van der Waals surface area contributed by atoms with Crippen LogP contribution < -0.4 is 4.74 Å². The minimum Gasteiger partial charge on any atom is -0.496 e. The normalized spacial score (nSPS) is 15.7. The Kier molecular flexibility index (Phi) is 8.12. The van der Waals surface area contributed by atoms with Crippen LogP contribution in [0.3, 0.4) is 0 Å². The Hall–Kier alpha value is -1.38. The molecule has 1 aromatic rings. The lowest BCUT2D eigenvalue weighted by Gasteiger charge is -2.13. The van der Waals surface area contributed by atoms with E-state index < -0.39 is 0 Å². The van der Waals surface area contributed by atoms with Gasteiger partial charge in [0, 0.05) is 13.0 Å². The fourth-order valence-electron chi connectivity index (χ4n) is 2.29. The summed E-state index contributed by atoms with van der Waals surface area (Å²) >= 11 is 10.0. The van der Waals surface area contributed by atoms with E-state index in [1.54, 1.807) is 13.2 Å². The van der Waals surface area contributed by atoms with Gasteiger partial charge in [-0.2, -0.15) is 0 Å². The third kappa shape index (κ3) is 5.56. The van der Waals surface area contributed by atoms with E-state index in [0.717, 1.165) is 22.2 Å². The standard InChI is InChI=1S/C18H20BrNO4S2/c1-3-9-24-16(21)5-4-8-20-17(22)15(26-18(20)25)11-12-6-7-14(23-2)13(19)10-12/h6-7,10-11H,3-5,8-9H2,1-2H3/b15-11+. The highest BCUT2D eigenvalue weighted by Gasteiger charge is 2.31. The molecule has 140 valence electrons. The number of thiocarbonyl (C=S) groups is 1. The lowest BCUT2D eigenvalue weighted by Crippen LogP contribution is -2.29. The summed E-state index contributed by atoms with van der Waals surface area (Å²) in [5, 5.41) is 0. The van der Waals surface area contributed by atoms with E-state index in [-0.39, 0.29) is 18.3 Å². The third-order valence-electron chi connectivity index (χ3n) is 3.58. The van der Waals surface area contributed by atoms with Crippen molar-refractivity contribution in [3.05, 3.63) is 33.1 Å². The lowest BCUT2D eigenvalue weighted by molar-refractivity contribution is -0.144. The summed E-state index contributed by atoms with van der Waals surface area (Å²) in [6.07, 6.45) is 3.41. The van der Waals surface area contributed by atoms with Crippen LogP contribution in [-0.2, 0) is 14.3 Å². The fourth-order valence-corrected chi connectivity index (χ4v) is 4.15. The van der Waals surface area contributed by atoms with Crippen LogP contribution in [0.1, 0.15) is 31.7 Å². The van der Waals surface area contributed by atoms with Gasteiger partial charge < -0.3 is 9.47 Å². The average molecular weight is 458 g/mol. The number of hydrogen-bond acceptors (Lipinski definition) is 6. The molecule has 0 aliphatic carbocycles. The number of esters is 1. The summed E-state index contributed by atoms with van der Waals surface area (Å²) in [4.78, 5) is 26.2. The molecule has 0 saturated carbocycles. The quantitative estimate of drug-likeness (QED) is 0.327. The zero-order valence-corrected chi connectivity index (χ0v) is 17.8. The van der Waals surface area contributed by atoms with Gasteiger partial charge in [0.15, 0.2) is 0 Å². The van der Waals surface area contributed by atoms with Crippen LogP contribution in [0.4, 0.5) is 0 Å². The van der Waals surface area contributed by atoms with Gasteiger partial charge in [0.2, 0.25) is 0 Å². The van der Waals surface area contributed by atoms with Gasteiger partial charge in [-0.05, 0) is 52.5 Å². The summed E-state index contributed by atoms with van der Waals surface area (Å²) in [6, 6.07) is 5.59. The molecule has 26 heavy (non-hydrogen) atoms. The van der Waals surface area contributed by atoms with E-state index in [1.807, 2.05) is 25.1 Å². The summed E-state index contributed by atoms with van der Waals surface area (Å²) in [5.41, 5.74) is 0.876. The van der Waals surface area contributed by atoms with E-state index >= 15 is 0 Å². The van der Waals surface area contributed by atoms with Crippen molar-refractivity contribution in [2.24, 2.45) is 0 Å². The molecule has 1 aromatic carbocycles. The molecule has 1 saturated heterocycles. The van der Waals surface area contributed by atoms with Crippen LogP contribution in [-0.4, -0.2) is 41.4 Å². The van der Waals surface area contributed by atoms with E-state index in [1.165, 1.54) is 16.7 Å². The van der Waals surface area contributed by atoms with Gasteiger partial charge in [-0.1, -0.05) is 37.0 Å². The summed E-state index contributed by atoms with van der Waals surface area (Å²) in [6.45, 7) is 2.79. The highest BCUT2D eigenvalue weighted by molar-refractivity contribution is 9.10. The van der Waals surface area contributed by atoms with Crippen LogP contribution in [0.25, 0.3) is 6.08 Å². The van der Waals surface area contributed by atoms with Crippen LogP contribution in [0, 0.1) is 0 Å². The largest absolute Gasteiger partial charge is 0.496 e. The van der Waals surface area contributed by atoms with Crippen molar-refractivity contribution in [1.82, 2.24) is 4.90 Å². The molecule has 1 fully saturated rings. The molecule has 2 rings (SSSR count). The number of benzene rings is 1. The molecule has 0 bridgehead atoms. The molecule has 1 aliphatic heterocycles. The summed E-state index contributed by atoms with van der Waals surface area (Å²) < 4.78 is 11.6. The summed E-state index contributed by atoms with van der Waals surface area (Å²) in [5.74, 6) is 0.356. The molecule has 1 amide bonds. The first-order chi connectivity index (χ1) is 12.5. The van der Waals surface area contributed by atoms with E-state index in [9.17, 15) is 9.59 Å². The topological polar surface area (TPSA) is 55.8 Å². The number of nitrogens with zero attached hydrogens (tertiary/aromatic N) is 1. The van der Waals surface area contributed by atoms with Crippen LogP contribution in [0.5, 0.6) is 5.75 Å². The predicted molar refractivity (Wildman–Crippen MR) is 111 cm³/mol. The number of rotatable bonds is 8. The molecular weight excluding hydrogens is 438 g/mol. The Morgan fingerprint density at radius 1 is 1.42 bits per heavy atom. The van der Waals surface area contributed by atoms with Crippen molar-refractivity contribution in [1.29, 1.82) is 0 Å². The van der Waals surface area contributed by atoms with Crippen molar-refractivity contribution in [3.63, 3.8) is 0 Å². The van der Waals surface area contributed by atoms with E-state index in [2.05, 4.69) is 15.9 Å². The Labute approximate surface area is 171 Å². The van der Waals surface area contributed by atoms with Gasteiger partial charge in [-0.25, -0.2) is 0 Å². The Balaban J connectivity index is 1.97. The number of amides is 1. The number of carbonyl (C=O) groups is 2.